The first-order chi connectivity index (χ1) is 11.6. The first-order valence-corrected chi connectivity index (χ1v) is 8.07. The average Bonchev–Trinajstić information content (AvgIpc) is 2.62. The third-order valence-electron chi connectivity index (χ3n) is 3.89. The highest BCUT2D eigenvalue weighted by Crippen LogP contribution is 2.16. The highest BCUT2D eigenvalue weighted by Gasteiger charge is 2.32. The van der Waals surface area contributed by atoms with Gasteiger partial charge in [-0.15, -0.1) is 0 Å². The molecule has 0 fully saturated rings. The van der Waals surface area contributed by atoms with Gasteiger partial charge >= 0.3 is 0 Å². The predicted molar refractivity (Wildman–Crippen MR) is 93.1 cm³/mol. The molecule has 0 aliphatic carbocycles. The number of rotatable bonds is 7. The maximum absolute atomic E-state index is 12.9. The summed E-state index contributed by atoms with van der Waals surface area (Å²) in [5, 5.41) is 0. The molecule has 0 saturated carbocycles. The van der Waals surface area contributed by atoms with Crippen LogP contribution in [0.1, 0.15) is 36.2 Å². The van der Waals surface area contributed by atoms with Crippen LogP contribution >= 0.6 is 0 Å². The Bertz CT molecular complexity index is 752. The minimum absolute atomic E-state index is 0.370. The number of benzene rings is 1. The van der Waals surface area contributed by atoms with Crippen LogP contribution in [0.15, 0.2) is 59.5 Å². The Hall–Kier alpha value is -2.69. The number of ketones is 1. The lowest BCUT2D eigenvalue weighted by Gasteiger charge is -2.24. The minimum atomic E-state index is -1.18. The largest absolute Gasteiger partial charge is 0.344 e. The van der Waals surface area contributed by atoms with E-state index in [2.05, 4.69) is 0 Å². The predicted octanol–water partition coefficient (Wildman–Crippen LogP) is 2.53. The summed E-state index contributed by atoms with van der Waals surface area (Å²) in [6.45, 7) is 2.59. The van der Waals surface area contributed by atoms with Crippen molar-refractivity contribution in [1.82, 2.24) is 9.47 Å². The van der Waals surface area contributed by atoms with E-state index in [1.165, 1.54) is 21.7 Å². The number of hydrogen-bond acceptors (Lipinski definition) is 3. The number of nitrogens with zero attached hydrogens (tertiary/aromatic N) is 2. The van der Waals surface area contributed by atoms with E-state index in [0.717, 1.165) is 12.8 Å². The zero-order valence-electron chi connectivity index (χ0n) is 14.0. The summed E-state index contributed by atoms with van der Waals surface area (Å²) in [5.74, 6) is -0.747. The number of Topliss-reactive ketones (excluding diaryl/α,β-unsaturated/α-hetero) is 1. The van der Waals surface area contributed by atoms with Gasteiger partial charge in [0.2, 0.25) is 0 Å². The van der Waals surface area contributed by atoms with E-state index in [9.17, 15) is 14.4 Å². The van der Waals surface area contributed by atoms with Crippen LogP contribution in [0.4, 0.5) is 0 Å². The molecule has 0 saturated heterocycles. The zero-order chi connectivity index (χ0) is 17.5. The van der Waals surface area contributed by atoms with Crippen LogP contribution in [-0.4, -0.2) is 34.7 Å². The molecule has 1 aromatic heterocycles. The van der Waals surface area contributed by atoms with Gasteiger partial charge in [-0.3, -0.25) is 19.0 Å². The summed E-state index contributed by atoms with van der Waals surface area (Å²) in [5.41, 5.74) is 0.0412. The van der Waals surface area contributed by atoms with Gasteiger partial charge in [0.1, 0.15) is 0 Å². The monoisotopic (exact) mass is 326 g/mol. The number of hydrogen-bond donors (Lipinski definition) is 0. The van der Waals surface area contributed by atoms with Crippen molar-refractivity contribution < 1.29 is 9.59 Å². The van der Waals surface area contributed by atoms with E-state index < -0.39 is 6.04 Å². The van der Waals surface area contributed by atoms with E-state index in [-0.39, 0.29) is 17.2 Å². The Balaban J connectivity index is 2.42. The number of unbranched alkanes of at least 4 members (excludes halogenated alkanes) is 1. The maximum atomic E-state index is 12.9. The highest BCUT2D eigenvalue weighted by molar-refractivity contribution is 6.11. The van der Waals surface area contributed by atoms with Crippen molar-refractivity contribution in [3.8, 4) is 0 Å². The molecule has 1 amide bonds. The standard InChI is InChI=1S/C19H22N2O3/c1-3-4-13-20(2)19(24)17(21-14-9-8-12-16(21)22)18(23)15-10-6-5-7-11-15/h5-12,14,17H,3-4,13H2,1-2H3/t17-/m1/s1. The molecule has 5 heteroatoms. The third kappa shape index (κ3) is 3.98. The lowest BCUT2D eigenvalue weighted by atomic mass is 10.0. The van der Waals surface area contributed by atoms with Crippen molar-refractivity contribution in [3.63, 3.8) is 0 Å². The summed E-state index contributed by atoms with van der Waals surface area (Å²) in [6, 6.07) is 12.0. The number of carbonyl (C=O) groups excluding carboxylic acids is 2. The second kappa shape index (κ2) is 8.24. The van der Waals surface area contributed by atoms with E-state index >= 15 is 0 Å². The molecule has 0 radical (unpaired) electrons. The molecule has 0 spiro atoms. The van der Waals surface area contributed by atoms with E-state index in [4.69, 9.17) is 0 Å². The molecular weight excluding hydrogens is 304 g/mol. The molecule has 0 aliphatic heterocycles. The third-order valence-corrected chi connectivity index (χ3v) is 3.89. The minimum Gasteiger partial charge on any atom is -0.344 e. The lowest BCUT2D eigenvalue weighted by Crippen LogP contribution is -2.42. The summed E-state index contributed by atoms with van der Waals surface area (Å²) >= 11 is 0. The first-order valence-electron chi connectivity index (χ1n) is 8.07. The van der Waals surface area contributed by atoms with Gasteiger partial charge in [-0.1, -0.05) is 49.7 Å². The Morgan fingerprint density at radius 1 is 1.08 bits per heavy atom. The van der Waals surface area contributed by atoms with Crippen molar-refractivity contribution >= 4 is 11.7 Å². The van der Waals surface area contributed by atoms with Gasteiger partial charge in [0.25, 0.3) is 11.5 Å². The second-order valence-corrected chi connectivity index (χ2v) is 5.69. The fourth-order valence-electron chi connectivity index (χ4n) is 2.49. The number of aromatic nitrogens is 1. The van der Waals surface area contributed by atoms with Gasteiger partial charge in [-0.2, -0.15) is 0 Å². The smallest absolute Gasteiger partial charge is 0.253 e. The van der Waals surface area contributed by atoms with E-state index in [1.54, 1.807) is 49.5 Å². The Labute approximate surface area is 141 Å². The molecule has 0 aliphatic rings. The number of carbonyl (C=O) groups is 2. The van der Waals surface area contributed by atoms with Gasteiger partial charge in [-0.25, -0.2) is 0 Å². The topological polar surface area (TPSA) is 59.4 Å². The molecule has 0 unspecified atom stereocenters. The van der Waals surface area contributed by atoms with Crippen LogP contribution in [0.3, 0.4) is 0 Å². The first kappa shape index (κ1) is 17.7. The molecule has 2 rings (SSSR count). The van der Waals surface area contributed by atoms with Crippen LogP contribution < -0.4 is 5.56 Å². The van der Waals surface area contributed by atoms with Crippen molar-refractivity contribution in [2.75, 3.05) is 13.6 Å². The highest BCUT2D eigenvalue weighted by atomic mass is 16.2. The van der Waals surface area contributed by atoms with Crippen LogP contribution in [-0.2, 0) is 4.79 Å². The molecule has 0 bridgehead atoms. The second-order valence-electron chi connectivity index (χ2n) is 5.69. The molecule has 1 aromatic carbocycles. The van der Waals surface area contributed by atoms with Crippen molar-refractivity contribution in [2.24, 2.45) is 0 Å². The van der Waals surface area contributed by atoms with Crippen LogP contribution in [0, 0.1) is 0 Å². The molecule has 1 heterocycles. The number of amides is 1. The van der Waals surface area contributed by atoms with Crippen molar-refractivity contribution in [3.05, 3.63) is 70.6 Å². The zero-order valence-corrected chi connectivity index (χ0v) is 14.0. The van der Waals surface area contributed by atoms with Gasteiger partial charge in [-0.05, 0) is 12.5 Å². The fourth-order valence-corrected chi connectivity index (χ4v) is 2.49. The number of pyridine rings is 1. The maximum Gasteiger partial charge on any atom is 0.253 e. The SMILES string of the molecule is CCCCN(C)C(=O)[C@@H](C(=O)c1ccccc1)n1ccccc1=O. The molecule has 2 aromatic rings. The van der Waals surface area contributed by atoms with Gasteiger partial charge < -0.3 is 4.90 Å². The van der Waals surface area contributed by atoms with Crippen LogP contribution in [0.2, 0.25) is 0 Å². The van der Waals surface area contributed by atoms with Crippen molar-refractivity contribution in [1.29, 1.82) is 0 Å². The molecular formula is C19H22N2O3. The summed E-state index contributed by atoms with van der Waals surface area (Å²) in [7, 11) is 1.66. The number of likely N-dealkylation sites (N-methyl/N-ethyl adjacent to an activating group) is 1. The van der Waals surface area contributed by atoms with Gasteiger partial charge in [0.05, 0.1) is 0 Å². The quantitative estimate of drug-likeness (QED) is 0.580. The molecule has 126 valence electrons. The van der Waals surface area contributed by atoms with Gasteiger partial charge in [0, 0.05) is 31.4 Å². The van der Waals surface area contributed by atoms with Gasteiger partial charge in [0.15, 0.2) is 11.8 Å². The summed E-state index contributed by atoms with van der Waals surface area (Å²) in [6.07, 6.45) is 3.28. The fraction of sp³-hybridized carbons (Fsp3) is 0.316. The molecule has 24 heavy (non-hydrogen) atoms. The van der Waals surface area contributed by atoms with Crippen LogP contribution in [0.25, 0.3) is 0 Å². The molecule has 5 nitrogen and oxygen atoms in total. The Morgan fingerprint density at radius 2 is 1.75 bits per heavy atom. The van der Waals surface area contributed by atoms with E-state index in [0.29, 0.717) is 12.1 Å². The average molecular weight is 326 g/mol. The molecule has 0 N–H and O–H groups in total. The Kier molecular flexibility index (Phi) is 6.07. The molecule has 1 atom stereocenters. The van der Waals surface area contributed by atoms with Crippen LogP contribution in [0.5, 0.6) is 0 Å². The van der Waals surface area contributed by atoms with Crippen molar-refractivity contribution in [2.45, 2.75) is 25.8 Å². The lowest BCUT2D eigenvalue weighted by molar-refractivity contribution is -0.132. The van der Waals surface area contributed by atoms with E-state index in [1.807, 2.05) is 6.92 Å². The normalized spacial score (nSPS) is 11.8. The summed E-state index contributed by atoms with van der Waals surface area (Å²) in [4.78, 5) is 39.5. The Morgan fingerprint density at radius 3 is 2.38 bits per heavy atom. The summed E-state index contributed by atoms with van der Waals surface area (Å²) < 4.78 is 1.21.